The van der Waals surface area contributed by atoms with E-state index in [0.29, 0.717) is 0 Å². The summed E-state index contributed by atoms with van der Waals surface area (Å²) in [7, 11) is 0. The summed E-state index contributed by atoms with van der Waals surface area (Å²) >= 11 is 0. The summed E-state index contributed by atoms with van der Waals surface area (Å²) in [5, 5.41) is 3.32. The Balaban J connectivity index is 2.79. The summed E-state index contributed by atoms with van der Waals surface area (Å²) in [6, 6.07) is 2.07. The van der Waals surface area contributed by atoms with Gasteiger partial charge in [0, 0.05) is 24.7 Å². The molecule has 1 aromatic heterocycles. The largest absolute Gasteiger partial charge is 0.370 e. The van der Waals surface area contributed by atoms with Crippen molar-refractivity contribution in [2.45, 2.75) is 46.5 Å². The zero-order chi connectivity index (χ0) is 11.1. The van der Waals surface area contributed by atoms with Crippen LogP contribution in [-0.4, -0.2) is 16.5 Å². The molecular formula is C12H21N3. The predicted octanol–water partition coefficient (Wildman–Crippen LogP) is 2.81. The van der Waals surface area contributed by atoms with Crippen LogP contribution in [0.15, 0.2) is 6.07 Å². The van der Waals surface area contributed by atoms with Crippen LogP contribution in [0, 0.1) is 0 Å². The van der Waals surface area contributed by atoms with Crippen molar-refractivity contribution in [1.82, 2.24) is 9.97 Å². The van der Waals surface area contributed by atoms with Crippen LogP contribution in [-0.2, 0) is 12.8 Å². The quantitative estimate of drug-likeness (QED) is 0.779. The number of rotatable bonds is 6. The van der Waals surface area contributed by atoms with Gasteiger partial charge >= 0.3 is 0 Å². The summed E-state index contributed by atoms with van der Waals surface area (Å²) in [5.74, 6) is 1.92. The Kier molecular flexibility index (Phi) is 5.08. The zero-order valence-electron chi connectivity index (χ0n) is 10.0. The molecule has 0 radical (unpaired) electrons. The Morgan fingerprint density at radius 1 is 1.13 bits per heavy atom. The topological polar surface area (TPSA) is 37.8 Å². The van der Waals surface area contributed by atoms with E-state index in [2.05, 4.69) is 42.1 Å². The molecule has 0 spiro atoms. The third kappa shape index (κ3) is 3.86. The minimum absolute atomic E-state index is 0.901. The number of nitrogens with one attached hydrogen (secondary N) is 1. The first-order valence-electron chi connectivity index (χ1n) is 5.90. The van der Waals surface area contributed by atoms with E-state index in [1.165, 1.54) is 0 Å². The van der Waals surface area contributed by atoms with Crippen molar-refractivity contribution < 1.29 is 0 Å². The molecule has 0 atom stereocenters. The summed E-state index contributed by atoms with van der Waals surface area (Å²) in [6.07, 6.45) is 4.19. The average molecular weight is 207 g/mol. The number of hydrogen-bond acceptors (Lipinski definition) is 3. The van der Waals surface area contributed by atoms with Crippen molar-refractivity contribution in [3.63, 3.8) is 0 Å². The lowest BCUT2D eigenvalue weighted by Gasteiger charge is -2.07. The number of aromatic nitrogens is 2. The van der Waals surface area contributed by atoms with Gasteiger partial charge in [-0.15, -0.1) is 0 Å². The molecule has 15 heavy (non-hydrogen) atoms. The van der Waals surface area contributed by atoms with Gasteiger partial charge in [-0.2, -0.15) is 0 Å². The molecule has 0 unspecified atom stereocenters. The van der Waals surface area contributed by atoms with Crippen molar-refractivity contribution in [2.75, 3.05) is 11.9 Å². The minimum Gasteiger partial charge on any atom is -0.370 e. The highest BCUT2D eigenvalue weighted by atomic mass is 15.0. The molecule has 0 aliphatic carbocycles. The van der Waals surface area contributed by atoms with Gasteiger partial charge in [0.15, 0.2) is 0 Å². The minimum atomic E-state index is 0.901. The molecular weight excluding hydrogens is 186 g/mol. The van der Waals surface area contributed by atoms with E-state index >= 15 is 0 Å². The molecule has 0 saturated heterocycles. The second-order valence-corrected chi connectivity index (χ2v) is 3.69. The van der Waals surface area contributed by atoms with Crippen LogP contribution in [0.4, 0.5) is 5.82 Å². The van der Waals surface area contributed by atoms with Crippen LogP contribution in [0.3, 0.4) is 0 Å². The molecule has 0 amide bonds. The van der Waals surface area contributed by atoms with Gasteiger partial charge in [-0.05, 0) is 12.8 Å². The van der Waals surface area contributed by atoms with Gasteiger partial charge in [0.05, 0.1) is 0 Å². The fourth-order valence-electron chi connectivity index (χ4n) is 1.44. The Bertz CT molecular complexity index is 297. The molecule has 1 N–H and O–H groups in total. The smallest absolute Gasteiger partial charge is 0.130 e. The molecule has 84 valence electrons. The number of nitrogens with zero attached hydrogens (tertiary/aromatic N) is 2. The molecule has 1 heterocycles. The third-order valence-corrected chi connectivity index (χ3v) is 2.20. The van der Waals surface area contributed by atoms with Crippen molar-refractivity contribution >= 4 is 5.82 Å². The molecule has 3 heteroatoms. The molecule has 1 rings (SSSR count). The average Bonchev–Trinajstić information content (AvgIpc) is 2.26. The van der Waals surface area contributed by atoms with Crippen molar-refractivity contribution in [2.24, 2.45) is 0 Å². The first-order chi connectivity index (χ1) is 7.30. The van der Waals surface area contributed by atoms with Gasteiger partial charge in [0.25, 0.3) is 0 Å². The zero-order valence-corrected chi connectivity index (χ0v) is 10.0. The predicted molar refractivity (Wildman–Crippen MR) is 64.2 cm³/mol. The second-order valence-electron chi connectivity index (χ2n) is 3.69. The van der Waals surface area contributed by atoms with Crippen molar-refractivity contribution in [1.29, 1.82) is 0 Å². The Hall–Kier alpha value is -1.12. The summed E-state index contributed by atoms with van der Waals surface area (Å²) in [6.45, 7) is 7.40. The van der Waals surface area contributed by atoms with Crippen molar-refractivity contribution in [3.8, 4) is 0 Å². The normalized spacial score (nSPS) is 10.3. The van der Waals surface area contributed by atoms with E-state index in [4.69, 9.17) is 0 Å². The fraction of sp³-hybridized carbons (Fsp3) is 0.667. The molecule has 1 aromatic rings. The number of anilines is 1. The fourth-order valence-corrected chi connectivity index (χ4v) is 1.44. The van der Waals surface area contributed by atoms with Crippen LogP contribution in [0.1, 0.15) is 45.1 Å². The maximum absolute atomic E-state index is 4.50. The standard InChI is InChI=1S/C12H21N3/c1-4-7-10-9-12(13-8-5-2)15-11(6-3)14-10/h9H,4-8H2,1-3H3,(H,13,14,15). The SMILES string of the molecule is CCCNc1cc(CCC)nc(CC)n1. The van der Waals surface area contributed by atoms with E-state index < -0.39 is 0 Å². The van der Waals surface area contributed by atoms with Crippen LogP contribution in [0.25, 0.3) is 0 Å². The van der Waals surface area contributed by atoms with Gasteiger partial charge in [-0.3, -0.25) is 0 Å². The highest BCUT2D eigenvalue weighted by Crippen LogP contribution is 2.09. The molecule has 3 nitrogen and oxygen atoms in total. The molecule has 0 aromatic carbocycles. The van der Waals surface area contributed by atoms with Gasteiger partial charge in [-0.25, -0.2) is 9.97 Å². The molecule has 0 bridgehead atoms. The summed E-state index contributed by atoms with van der Waals surface area (Å²) in [4.78, 5) is 8.95. The summed E-state index contributed by atoms with van der Waals surface area (Å²) < 4.78 is 0. The van der Waals surface area contributed by atoms with Crippen molar-refractivity contribution in [3.05, 3.63) is 17.6 Å². The first-order valence-corrected chi connectivity index (χ1v) is 5.90. The lowest BCUT2D eigenvalue weighted by Crippen LogP contribution is -2.06. The highest BCUT2D eigenvalue weighted by molar-refractivity contribution is 5.36. The molecule has 0 saturated carbocycles. The van der Waals surface area contributed by atoms with E-state index in [0.717, 1.165) is 49.6 Å². The lowest BCUT2D eigenvalue weighted by molar-refractivity contribution is 0.831. The van der Waals surface area contributed by atoms with Gasteiger partial charge in [0.2, 0.25) is 0 Å². The third-order valence-electron chi connectivity index (χ3n) is 2.20. The second kappa shape index (κ2) is 6.38. The van der Waals surface area contributed by atoms with E-state index in [1.54, 1.807) is 0 Å². The number of hydrogen-bond donors (Lipinski definition) is 1. The van der Waals surface area contributed by atoms with Crippen LogP contribution in [0.5, 0.6) is 0 Å². The van der Waals surface area contributed by atoms with E-state index in [9.17, 15) is 0 Å². The van der Waals surface area contributed by atoms with Crippen LogP contribution >= 0.6 is 0 Å². The van der Waals surface area contributed by atoms with Crippen LogP contribution < -0.4 is 5.32 Å². The lowest BCUT2D eigenvalue weighted by atomic mass is 10.2. The molecule has 0 fully saturated rings. The van der Waals surface area contributed by atoms with E-state index in [1.807, 2.05) is 0 Å². The monoisotopic (exact) mass is 207 g/mol. The molecule has 0 aliphatic rings. The number of aryl methyl sites for hydroxylation is 2. The highest BCUT2D eigenvalue weighted by Gasteiger charge is 2.02. The first kappa shape index (κ1) is 12.0. The van der Waals surface area contributed by atoms with E-state index in [-0.39, 0.29) is 0 Å². The Labute approximate surface area is 92.3 Å². The van der Waals surface area contributed by atoms with Crippen LogP contribution in [0.2, 0.25) is 0 Å². The summed E-state index contributed by atoms with van der Waals surface area (Å²) in [5.41, 5.74) is 1.16. The molecule has 0 aliphatic heterocycles. The van der Waals surface area contributed by atoms with Gasteiger partial charge in [0.1, 0.15) is 11.6 Å². The maximum Gasteiger partial charge on any atom is 0.130 e. The maximum atomic E-state index is 4.50. The Morgan fingerprint density at radius 2 is 1.93 bits per heavy atom. The Morgan fingerprint density at radius 3 is 2.53 bits per heavy atom. The van der Waals surface area contributed by atoms with Gasteiger partial charge < -0.3 is 5.32 Å². The van der Waals surface area contributed by atoms with Gasteiger partial charge in [-0.1, -0.05) is 27.2 Å².